The third kappa shape index (κ3) is 4.94. The normalized spacial score (nSPS) is 21.3. The maximum absolute atomic E-state index is 13.6. The van der Waals surface area contributed by atoms with Gasteiger partial charge in [-0.1, -0.05) is 26.0 Å². The van der Waals surface area contributed by atoms with E-state index in [0.717, 1.165) is 68.1 Å². The Bertz CT molecular complexity index is 1110. The van der Waals surface area contributed by atoms with Crippen molar-refractivity contribution in [2.24, 2.45) is 17.4 Å². The van der Waals surface area contributed by atoms with Gasteiger partial charge in [-0.3, -0.25) is 15.0 Å². The summed E-state index contributed by atoms with van der Waals surface area (Å²) in [6.45, 7) is 8.24. The number of nitrogens with two attached hydrogens (primary N) is 2. The fourth-order valence-electron chi connectivity index (χ4n) is 5.76. The minimum Gasteiger partial charge on any atom is -0.384 e. The Labute approximate surface area is 208 Å². The number of carbonyl (C=O) groups is 2. The van der Waals surface area contributed by atoms with Crippen molar-refractivity contribution in [2.45, 2.75) is 84.0 Å². The van der Waals surface area contributed by atoms with E-state index >= 15 is 0 Å². The van der Waals surface area contributed by atoms with Crippen molar-refractivity contribution >= 4 is 28.6 Å². The van der Waals surface area contributed by atoms with Crippen LogP contribution in [0.5, 0.6) is 0 Å². The van der Waals surface area contributed by atoms with Crippen LogP contribution in [-0.2, 0) is 22.6 Å². The van der Waals surface area contributed by atoms with E-state index in [0.29, 0.717) is 6.54 Å². The molecule has 1 aromatic carbocycles. The zero-order valence-corrected chi connectivity index (χ0v) is 21.3. The molecule has 2 saturated heterocycles. The standard InChI is InChI=1S/C27H40N6O2/c1-4-31-21(15-18-9-10-19(25(29)30)16-23(18)31)12-11-20-7-5-13-32(20)26(34)22-8-6-14-33(22)27(35)24(28)17(2)3/h9-10,15-17,20,22,24H,4-8,11-14,28H2,1-3H3,(H3,29,30)/t20-,22+,24-/m0/s1. The first kappa shape index (κ1) is 25.2. The summed E-state index contributed by atoms with van der Waals surface area (Å²) in [6, 6.07) is 7.39. The summed E-state index contributed by atoms with van der Waals surface area (Å²) in [5.74, 6) is 0.127. The average Bonchev–Trinajstić information content (AvgIpc) is 3.58. The lowest BCUT2D eigenvalue weighted by Crippen LogP contribution is -2.54. The Hall–Kier alpha value is -2.87. The lowest BCUT2D eigenvalue weighted by molar-refractivity contribution is -0.145. The molecule has 4 rings (SSSR count). The van der Waals surface area contributed by atoms with Gasteiger partial charge in [0.1, 0.15) is 11.9 Å². The molecule has 0 saturated carbocycles. The van der Waals surface area contributed by atoms with Crippen molar-refractivity contribution in [3.8, 4) is 0 Å². The molecule has 0 aliphatic carbocycles. The summed E-state index contributed by atoms with van der Waals surface area (Å²) in [6.07, 6.45) is 5.34. The van der Waals surface area contributed by atoms with Gasteiger partial charge >= 0.3 is 0 Å². The Morgan fingerprint density at radius 3 is 2.51 bits per heavy atom. The van der Waals surface area contributed by atoms with E-state index in [2.05, 4.69) is 17.6 Å². The fraction of sp³-hybridized carbons (Fsp3) is 0.593. The Balaban J connectivity index is 1.47. The quantitative estimate of drug-likeness (QED) is 0.397. The van der Waals surface area contributed by atoms with Gasteiger partial charge in [0.15, 0.2) is 0 Å². The first-order chi connectivity index (χ1) is 16.7. The highest BCUT2D eigenvalue weighted by atomic mass is 16.2. The van der Waals surface area contributed by atoms with Crippen LogP contribution in [0, 0.1) is 11.3 Å². The molecule has 0 unspecified atom stereocenters. The van der Waals surface area contributed by atoms with Crippen LogP contribution in [0.25, 0.3) is 10.9 Å². The van der Waals surface area contributed by atoms with Gasteiger partial charge in [0.2, 0.25) is 11.8 Å². The molecule has 2 aromatic rings. The highest BCUT2D eigenvalue weighted by Crippen LogP contribution is 2.29. The molecule has 0 bridgehead atoms. The molecule has 0 spiro atoms. The van der Waals surface area contributed by atoms with E-state index in [1.54, 1.807) is 4.90 Å². The number of likely N-dealkylation sites (tertiary alicyclic amines) is 2. The molecule has 3 atom stereocenters. The number of amidine groups is 1. The highest BCUT2D eigenvalue weighted by Gasteiger charge is 2.41. The minimum atomic E-state index is -0.558. The summed E-state index contributed by atoms with van der Waals surface area (Å²) in [7, 11) is 0. The number of carbonyl (C=O) groups excluding carboxylic acids is 2. The number of fused-ring (bicyclic) bond motifs is 1. The van der Waals surface area contributed by atoms with Gasteiger partial charge in [0.05, 0.1) is 6.04 Å². The lowest BCUT2D eigenvalue weighted by atomic mass is 10.0. The number of hydrogen-bond acceptors (Lipinski definition) is 4. The van der Waals surface area contributed by atoms with Gasteiger partial charge in [-0.15, -0.1) is 0 Å². The maximum atomic E-state index is 13.6. The first-order valence-electron chi connectivity index (χ1n) is 13.1. The smallest absolute Gasteiger partial charge is 0.245 e. The van der Waals surface area contributed by atoms with E-state index < -0.39 is 6.04 Å². The van der Waals surface area contributed by atoms with Crippen molar-refractivity contribution in [3.63, 3.8) is 0 Å². The van der Waals surface area contributed by atoms with Gasteiger partial charge in [0, 0.05) is 42.5 Å². The van der Waals surface area contributed by atoms with E-state index in [9.17, 15) is 9.59 Å². The van der Waals surface area contributed by atoms with Crippen LogP contribution in [-0.4, -0.2) is 63.2 Å². The fourth-order valence-corrected chi connectivity index (χ4v) is 5.76. The van der Waals surface area contributed by atoms with Crippen molar-refractivity contribution in [1.82, 2.24) is 14.4 Å². The number of rotatable bonds is 8. The van der Waals surface area contributed by atoms with E-state index in [1.165, 1.54) is 5.69 Å². The highest BCUT2D eigenvalue weighted by molar-refractivity contribution is 5.98. The van der Waals surface area contributed by atoms with Crippen molar-refractivity contribution in [3.05, 3.63) is 35.5 Å². The Morgan fingerprint density at radius 1 is 1.11 bits per heavy atom. The summed E-state index contributed by atoms with van der Waals surface area (Å²) in [5, 5.41) is 8.90. The Morgan fingerprint density at radius 2 is 1.83 bits per heavy atom. The first-order valence-corrected chi connectivity index (χ1v) is 13.1. The number of nitrogens with one attached hydrogen (secondary N) is 1. The molecular weight excluding hydrogens is 440 g/mol. The Kier molecular flexibility index (Phi) is 7.50. The zero-order valence-electron chi connectivity index (χ0n) is 21.3. The topological polar surface area (TPSA) is 121 Å². The van der Waals surface area contributed by atoms with Crippen LogP contribution in [0.2, 0.25) is 0 Å². The molecule has 8 heteroatoms. The molecule has 190 valence electrons. The summed E-state index contributed by atoms with van der Waals surface area (Å²) in [5.41, 5.74) is 14.9. The largest absolute Gasteiger partial charge is 0.384 e. The maximum Gasteiger partial charge on any atom is 0.245 e. The second-order valence-corrected chi connectivity index (χ2v) is 10.4. The van der Waals surface area contributed by atoms with Gasteiger partial charge in [-0.2, -0.15) is 0 Å². The van der Waals surface area contributed by atoms with Crippen LogP contribution < -0.4 is 11.5 Å². The summed E-state index contributed by atoms with van der Waals surface area (Å²) in [4.78, 5) is 30.3. The third-order valence-electron chi connectivity index (χ3n) is 7.84. The minimum absolute atomic E-state index is 0.0511. The molecule has 2 amide bonds. The molecule has 2 aliphatic rings. The van der Waals surface area contributed by atoms with Crippen LogP contribution in [0.1, 0.15) is 64.1 Å². The number of aromatic nitrogens is 1. The van der Waals surface area contributed by atoms with E-state index in [-0.39, 0.29) is 35.7 Å². The number of amides is 2. The third-order valence-corrected chi connectivity index (χ3v) is 7.84. The molecule has 2 aliphatic heterocycles. The summed E-state index contributed by atoms with van der Waals surface area (Å²) >= 11 is 0. The number of benzene rings is 1. The van der Waals surface area contributed by atoms with E-state index in [1.807, 2.05) is 36.9 Å². The SMILES string of the molecule is CCn1c(CC[C@@H]2CCCN2C(=O)[C@H]2CCCN2C(=O)[C@@H](N)C(C)C)cc2ccc(C(=N)N)cc21. The molecule has 3 heterocycles. The molecule has 0 radical (unpaired) electrons. The van der Waals surface area contributed by atoms with Gasteiger partial charge in [0.25, 0.3) is 0 Å². The molecule has 5 N–H and O–H groups in total. The summed E-state index contributed by atoms with van der Waals surface area (Å²) < 4.78 is 2.29. The molecule has 8 nitrogen and oxygen atoms in total. The van der Waals surface area contributed by atoms with Gasteiger partial charge < -0.3 is 25.8 Å². The predicted octanol–water partition coefficient (Wildman–Crippen LogP) is 2.84. The second kappa shape index (κ2) is 10.4. The second-order valence-electron chi connectivity index (χ2n) is 10.4. The predicted molar refractivity (Wildman–Crippen MR) is 139 cm³/mol. The number of nitrogen functional groups attached to an aromatic ring is 1. The van der Waals surface area contributed by atoms with Crippen LogP contribution in [0.15, 0.2) is 24.3 Å². The monoisotopic (exact) mass is 480 g/mol. The number of aryl methyl sites for hydroxylation is 2. The molecule has 1 aromatic heterocycles. The van der Waals surface area contributed by atoms with Crippen LogP contribution >= 0.6 is 0 Å². The van der Waals surface area contributed by atoms with Crippen molar-refractivity contribution in [1.29, 1.82) is 5.41 Å². The van der Waals surface area contributed by atoms with Crippen LogP contribution in [0.3, 0.4) is 0 Å². The van der Waals surface area contributed by atoms with Crippen molar-refractivity contribution in [2.75, 3.05) is 13.1 Å². The van der Waals surface area contributed by atoms with Gasteiger partial charge in [-0.25, -0.2) is 0 Å². The number of hydrogen-bond donors (Lipinski definition) is 3. The molecule has 2 fully saturated rings. The van der Waals surface area contributed by atoms with Crippen LogP contribution in [0.4, 0.5) is 0 Å². The van der Waals surface area contributed by atoms with E-state index in [4.69, 9.17) is 16.9 Å². The average molecular weight is 481 g/mol. The molecule has 35 heavy (non-hydrogen) atoms. The zero-order chi connectivity index (χ0) is 25.3. The number of nitrogens with zero attached hydrogens (tertiary/aromatic N) is 3. The lowest BCUT2D eigenvalue weighted by Gasteiger charge is -2.33. The molecular formula is C27H40N6O2. The van der Waals surface area contributed by atoms with Crippen molar-refractivity contribution < 1.29 is 9.59 Å². The van der Waals surface area contributed by atoms with Gasteiger partial charge in [-0.05, 0) is 68.9 Å².